The van der Waals surface area contributed by atoms with Gasteiger partial charge in [-0.3, -0.25) is 4.90 Å². The minimum Gasteiger partial charge on any atom is -0.313 e. The second kappa shape index (κ2) is 6.55. The molecule has 1 aliphatic heterocycles. The molecule has 1 N–H and O–H groups in total. The highest BCUT2D eigenvalue weighted by Crippen LogP contribution is 2.29. The Labute approximate surface area is 117 Å². The Balaban J connectivity index is 1.99. The van der Waals surface area contributed by atoms with Crippen LogP contribution in [0.4, 0.5) is 0 Å². The molecule has 5 heteroatoms. The zero-order chi connectivity index (χ0) is 13.9. The summed E-state index contributed by atoms with van der Waals surface area (Å²) in [5.74, 6) is 0. The van der Waals surface area contributed by atoms with E-state index < -0.39 is 9.84 Å². The second-order valence-electron chi connectivity index (χ2n) is 6.10. The molecule has 19 heavy (non-hydrogen) atoms. The summed E-state index contributed by atoms with van der Waals surface area (Å²) in [5, 5.41) is 3.43. The van der Waals surface area contributed by atoms with Crippen LogP contribution in [0, 0.1) is 0 Å². The van der Waals surface area contributed by atoms with Gasteiger partial charge in [0.15, 0.2) is 9.84 Å². The van der Waals surface area contributed by atoms with E-state index in [9.17, 15) is 8.42 Å². The van der Waals surface area contributed by atoms with E-state index in [0.717, 1.165) is 38.9 Å². The minimum atomic E-state index is -2.91. The van der Waals surface area contributed by atoms with E-state index in [4.69, 9.17) is 0 Å². The second-order valence-corrected chi connectivity index (χ2v) is 8.37. The van der Waals surface area contributed by atoms with Crippen molar-refractivity contribution in [2.45, 2.75) is 62.8 Å². The van der Waals surface area contributed by atoms with Crippen LogP contribution in [0.25, 0.3) is 0 Å². The maximum absolute atomic E-state index is 11.9. The van der Waals surface area contributed by atoms with Gasteiger partial charge in [-0.1, -0.05) is 19.8 Å². The lowest BCUT2D eigenvalue weighted by molar-refractivity contribution is 0.176. The summed E-state index contributed by atoms with van der Waals surface area (Å²) in [6.07, 6.45) is 8.15. The van der Waals surface area contributed by atoms with Crippen molar-refractivity contribution in [3.8, 4) is 0 Å². The highest BCUT2D eigenvalue weighted by atomic mass is 32.2. The maximum atomic E-state index is 11.9. The third kappa shape index (κ3) is 3.92. The standard InChI is InChI=1S/C14H28N2O2S/c1-3-16(11-12-7-4-5-10-15-12)13-8-6-9-14(13)19(2,17)18/h12-15H,3-11H2,1-2H3. The Morgan fingerprint density at radius 3 is 2.53 bits per heavy atom. The molecule has 0 bridgehead atoms. The van der Waals surface area contributed by atoms with E-state index in [1.165, 1.54) is 25.5 Å². The molecule has 2 fully saturated rings. The molecule has 0 aromatic rings. The van der Waals surface area contributed by atoms with E-state index >= 15 is 0 Å². The molecule has 2 rings (SSSR count). The van der Waals surface area contributed by atoms with Gasteiger partial charge < -0.3 is 5.32 Å². The summed E-state index contributed by atoms with van der Waals surface area (Å²) in [7, 11) is -2.91. The van der Waals surface area contributed by atoms with Gasteiger partial charge in [0.25, 0.3) is 0 Å². The van der Waals surface area contributed by atoms with Gasteiger partial charge >= 0.3 is 0 Å². The van der Waals surface area contributed by atoms with Crippen LogP contribution in [0.2, 0.25) is 0 Å². The van der Waals surface area contributed by atoms with Crippen LogP contribution in [0.3, 0.4) is 0 Å². The Kier molecular flexibility index (Phi) is 5.26. The van der Waals surface area contributed by atoms with Crippen molar-refractivity contribution >= 4 is 9.84 Å². The van der Waals surface area contributed by atoms with Crippen LogP contribution in [0.5, 0.6) is 0 Å². The van der Waals surface area contributed by atoms with Gasteiger partial charge in [0.2, 0.25) is 0 Å². The minimum absolute atomic E-state index is 0.143. The maximum Gasteiger partial charge on any atom is 0.151 e. The largest absolute Gasteiger partial charge is 0.313 e. The fourth-order valence-corrected chi connectivity index (χ4v) is 5.16. The van der Waals surface area contributed by atoms with E-state index in [-0.39, 0.29) is 11.3 Å². The summed E-state index contributed by atoms with van der Waals surface area (Å²) in [4.78, 5) is 2.40. The lowest BCUT2D eigenvalue weighted by Crippen LogP contribution is -2.50. The number of nitrogens with zero attached hydrogens (tertiary/aromatic N) is 1. The Hall–Kier alpha value is -0.130. The highest BCUT2D eigenvalue weighted by molar-refractivity contribution is 7.91. The first-order valence-corrected chi connectivity index (χ1v) is 9.64. The molecule has 0 amide bonds. The number of likely N-dealkylation sites (N-methyl/N-ethyl adjacent to an activating group) is 1. The molecule has 1 saturated heterocycles. The molecule has 1 heterocycles. The van der Waals surface area contributed by atoms with Crippen LogP contribution in [-0.4, -0.2) is 56.5 Å². The van der Waals surface area contributed by atoms with Crippen molar-refractivity contribution in [3.05, 3.63) is 0 Å². The van der Waals surface area contributed by atoms with E-state index in [2.05, 4.69) is 17.1 Å². The molecule has 112 valence electrons. The predicted molar refractivity (Wildman–Crippen MR) is 79.2 cm³/mol. The summed E-state index contributed by atoms with van der Waals surface area (Å²) < 4.78 is 23.8. The van der Waals surface area contributed by atoms with E-state index in [1.54, 1.807) is 0 Å². The zero-order valence-electron chi connectivity index (χ0n) is 12.3. The van der Waals surface area contributed by atoms with Crippen LogP contribution in [0.1, 0.15) is 45.4 Å². The fraction of sp³-hybridized carbons (Fsp3) is 1.00. The van der Waals surface area contributed by atoms with Crippen molar-refractivity contribution in [1.29, 1.82) is 0 Å². The SMILES string of the molecule is CCN(CC1CCCCN1)C1CCCC1S(C)(=O)=O. The third-order valence-electron chi connectivity index (χ3n) is 4.71. The van der Waals surface area contributed by atoms with Gasteiger partial charge in [0, 0.05) is 24.9 Å². The van der Waals surface area contributed by atoms with Crippen molar-refractivity contribution < 1.29 is 8.42 Å². The van der Waals surface area contributed by atoms with Crippen molar-refractivity contribution in [2.24, 2.45) is 0 Å². The van der Waals surface area contributed by atoms with Crippen molar-refractivity contribution in [2.75, 3.05) is 25.9 Å². The third-order valence-corrected chi connectivity index (χ3v) is 6.36. The first-order valence-electron chi connectivity index (χ1n) is 7.68. The molecule has 0 aromatic heterocycles. The Morgan fingerprint density at radius 1 is 1.16 bits per heavy atom. The van der Waals surface area contributed by atoms with E-state index in [1.807, 2.05) is 0 Å². The van der Waals surface area contributed by atoms with E-state index in [0.29, 0.717) is 6.04 Å². The van der Waals surface area contributed by atoms with Crippen LogP contribution >= 0.6 is 0 Å². The average molecular weight is 288 g/mol. The molecule has 1 saturated carbocycles. The van der Waals surface area contributed by atoms with Gasteiger partial charge in [-0.05, 0) is 38.8 Å². The van der Waals surface area contributed by atoms with Gasteiger partial charge in [0.1, 0.15) is 0 Å². The van der Waals surface area contributed by atoms with Crippen LogP contribution in [-0.2, 0) is 9.84 Å². The Bertz CT molecular complexity index is 377. The number of rotatable bonds is 5. The monoisotopic (exact) mass is 288 g/mol. The lowest BCUT2D eigenvalue weighted by Gasteiger charge is -2.35. The molecule has 4 nitrogen and oxygen atoms in total. The quantitative estimate of drug-likeness (QED) is 0.831. The molecular formula is C14H28N2O2S. The van der Waals surface area contributed by atoms with Gasteiger partial charge in [-0.15, -0.1) is 0 Å². The van der Waals surface area contributed by atoms with Crippen molar-refractivity contribution in [1.82, 2.24) is 10.2 Å². The number of piperidine rings is 1. The molecule has 3 atom stereocenters. The van der Waals surface area contributed by atoms with Gasteiger partial charge in [-0.25, -0.2) is 8.42 Å². The summed E-state index contributed by atoms with van der Waals surface area (Å²) >= 11 is 0. The number of hydrogen-bond donors (Lipinski definition) is 1. The zero-order valence-corrected chi connectivity index (χ0v) is 13.1. The van der Waals surface area contributed by atoms with Crippen LogP contribution in [0.15, 0.2) is 0 Å². The molecular weight excluding hydrogens is 260 g/mol. The normalized spacial score (nSPS) is 32.9. The first-order chi connectivity index (χ1) is 9.02. The van der Waals surface area contributed by atoms with Gasteiger partial charge in [-0.2, -0.15) is 0 Å². The number of sulfone groups is 1. The van der Waals surface area contributed by atoms with Crippen LogP contribution < -0.4 is 5.32 Å². The lowest BCUT2D eigenvalue weighted by atomic mass is 10.0. The smallest absolute Gasteiger partial charge is 0.151 e. The Morgan fingerprint density at radius 2 is 1.95 bits per heavy atom. The van der Waals surface area contributed by atoms with Crippen molar-refractivity contribution in [3.63, 3.8) is 0 Å². The molecule has 0 spiro atoms. The number of nitrogens with one attached hydrogen (secondary N) is 1. The topological polar surface area (TPSA) is 49.4 Å². The summed E-state index contributed by atoms with van der Waals surface area (Å²) in [5.41, 5.74) is 0. The summed E-state index contributed by atoms with van der Waals surface area (Å²) in [6, 6.07) is 0.790. The molecule has 0 aromatic carbocycles. The fourth-order valence-electron chi connectivity index (χ4n) is 3.69. The summed E-state index contributed by atoms with van der Waals surface area (Å²) in [6.45, 7) is 5.23. The predicted octanol–water partition coefficient (Wildman–Crippen LogP) is 1.42. The molecule has 1 aliphatic carbocycles. The number of hydrogen-bond acceptors (Lipinski definition) is 4. The molecule has 2 aliphatic rings. The first kappa shape index (κ1) is 15.3. The molecule has 0 radical (unpaired) electrons. The van der Waals surface area contributed by atoms with Gasteiger partial charge in [0.05, 0.1) is 5.25 Å². The average Bonchev–Trinajstić information content (AvgIpc) is 2.86. The molecule has 3 unspecified atom stereocenters. The highest BCUT2D eigenvalue weighted by Gasteiger charge is 2.38.